The van der Waals surface area contributed by atoms with E-state index in [0.717, 1.165) is 67.0 Å². The average molecular weight is 1290 g/mol. The van der Waals surface area contributed by atoms with Crippen molar-refractivity contribution in [2.24, 2.45) is 0 Å². The van der Waals surface area contributed by atoms with Crippen molar-refractivity contribution < 1.29 is 0 Å². The van der Waals surface area contributed by atoms with Crippen LogP contribution in [-0.2, 0) is 21.7 Å². The average Bonchev–Trinajstić information content (AvgIpc) is 1.08. The summed E-state index contributed by atoms with van der Waals surface area (Å²) >= 11 is 0. The monoisotopic (exact) mass is 1290 g/mol. The molecule has 0 saturated carbocycles. The molecule has 5 aliphatic carbocycles. The second kappa shape index (κ2) is 22.4. The highest BCUT2D eigenvalue weighted by atomic mass is 15.1. The van der Waals surface area contributed by atoms with Gasteiger partial charge in [0.25, 0.3) is 0 Å². The highest BCUT2D eigenvalue weighted by Gasteiger charge is 2.45. The molecule has 0 radical (unpaired) electrons. The molecule has 0 aliphatic heterocycles. The van der Waals surface area contributed by atoms with Gasteiger partial charge in [-0.15, -0.1) is 0 Å². The highest BCUT2D eigenvalue weighted by Crippen LogP contribution is 2.60. The molecule has 0 heterocycles. The van der Waals surface area contributed by atoms with Gasteiger partial charge in [-0.05, 0) is 260 Å². The Hall–Kier alpha value is -10.8. The van der Waals surface area contributed by atoms with Gasteiger partial charge in [-0.2, -0.15) is 0 Å². The van der Waals surface area contributed by atoms with Crippen molar-refractivity contribution in [3.8, 4) is 55.6 Å². The first kappa shape index (κ1) is 60.4. The molecule has 5 aliphatic rings. The molecule has 0 aromatic heterocycles. The Balaban J connectivity index is 0.905. The number of hydrogen-bond donors (Lipinski definition) is 0. The van der Waals surface area contributed by atoms with Gasteiger partial charge in [-0.25, -0.2) is 0 Å². The maximum atomic E-state index is 2.61. The van der Waals surface area contributed by atoms with Crippen LogP contribution in [0.25, 0.3) is 104 Å². The van der Waals surface area contributed by atoms with Gasteiger partial charge in [0.2, 0.25) is 0 Å². The molecule has 484 valence electrons. The minimum atomic E-state index is -0.203. The maximum absolute atomic E-state index is 2.61. The number of fused-ring (bicyclic) bond motifs is 15. The summed E-state index contributed by atoms with van der Waals surface area (Å²) in [7, 11) is 0. The van der Waals surface area contributed by atoms with Crippen LogP contribution in [0.3, 0.4) is 0 Å². The van der Waals surface area contributed by atoms with Crippen LogP contribution < -0.4 is 9.80 Å². The van der Waals surface area contributed by atoms with Crippen molar-refractivity contribution in [1.82, 2.24) is 0 Å². The first-order chi connectivity index (χ1) is 48.9. The van der Waals surface area contributed by atoms with E-state index >= 15 is 0 Å². The first-order valence-corrected chi connectivity index (χ1v) is 36.8. The first-order valence-electron chi connectivity index (χ1n) is 36.8. The maximum Gasteiger partial charge on any atom is 0.0468 e. The fourth-order valence-electron chi connectivity index (χ4n) is 20.0. The standard InChI is InChI=1S/C98H82N2/c1-9-97(10-2)87-41-23-19-35-73(87)77-51-45-67(59-91(77)97)99(65-43-49-75-71-33-17-21-39-85(71)95(5,6)89(75)57-65)63-47-53-81-83(55-63)93(79-37-25-29-61-27-13-15-31-69(61)79)82-54-48-64(56-84(82)94(81)80-38-26-30-62-28-14-16-32-70(62)80)100(66-44-50-76-72-34-18-22-40-86(72)96(7,8)90(76)58-66)68-46-52-78-74-36-20-24-42-88(74)98(11-3,12-4)92(78)60-68/h13-23,25-41,43-60H,9-12,24,42H2,1-8H3. The summed E-state index contributed by atoms with van der Waals surface area (Å²) in [5.41, 5.74) is 33.5. The van der Waals surface area contributed by atoms with Crippen LogP contribution in [0.5, 0.6) is 0 Å². The van der Waals surface area contributed by atoms with E-state index in [0.29, 0.717) is 0 Å². The Kier molecular flexibility index (Phi) is 13.5. The smallest absolute Gasteiger partial charge is 0.0468 e. The molecule has 0 atom stereocenters. The van der Waals surface area contributed by atoms with Crippen molar-refractivity contribution in [2.75, 3.05) is 9.80 Å². The van der Waals surface area contributed by atoms with Crippen molar-refractivity contribution in [2.45, 2.75) is 116 Å². The number of benzene rings is 14. The third kappa shape index (κ3) is 8.43. The predicted molar refractivity (Wildman–Crippen MR) is 426 cm³/mol. The van der Waals surface area contributed by atoms with E-state index in [2.05, 4.69) is 344 Å². The van der Waals surface area contributed by atoms with Crippen LogP contribution in [0.1, 0.15) is 138 Å². The van der Waals surface area contributed by atoms with Crippen LogP contribution in [0.4, 0.5) is 34.1 Å². The Bertz CT molecular complexity index is 5860. The van der Waals surface area contributed by atoms with Crippen LogP contribution in [0, 0.1) is 0 Å². The summed E-state index contributed by atoms with van der Waals surface area (Å²) in [6.45, 7) is 19.3. The Labute approximate surface area is 589 Å². The fraction of sp³-hybridized carbons (Fsp3) is 0.184. The summed E-state index contributed by atoms with van der Waals surface area (Å²) < 4.78 is 0. The van der Waals surface area contributed by atoms with Crippen molar-refractivity contribution in [3.63, 3.8) is 0 Å². The van der Waals surface area contributed by atoms with Gasteiger partial charge in [0.05, 0.1) is 0 Å². The van der Waals surface area contributed by atoms with Crippen LogP contribution in [-0.4, -0.2) is 0 Å². The Morgan fingerprint density at radius 2 is 0.630 bits per heavy atom. The zero-order chi connectivity index (χ0) is 67.6. The van der Waals surface area contributed by atoms with Crippen molar-refractivity contribution in [1.29, 1.82) is 0 Å². The van der Waals surface area contributed by atoms with E-state index in [4.69, 9.17) is 0 Å². The van der Waals surface area contributed by atoms with Crippen LogP contribution in [0.2, 0.25) is 0 Å². The minimum absolute atomic E-state index is 0.0325. The summed E-state index contributed by atoms with van der Waals surface area (Å²) in [6, 6.07) is 104. The molecule has 14 aromatic carbocycles. The molecule has 0 amide bonds. The van der Waals surface area contributed by atoms with Crippen LogP contribution in [0.15, 0.2) is 285 Å². The van der Waals surface area contributed by atoms with E-state index in [1.165, 1.54) is 154 Å². The number of allylic oxidation sites excluding steroid dienone is 4. The number of nitrogens with zero attached hydrogens (tertiary/aromatic N) is 2. The van der Waals surface area contributed by atoms with E-state index in [1.54, 1.807) is 5.57 Å². The topological polar surface area (TPSA) is 6.48 Å². The van der Waals surface area contributed by atoms with E-state index in [9.17, 15) is 0 Å². The third-order valence-corrected chi connectivity index (χ3v) is 25.1. The number of rotatable bonds is 12. The summed E-state index contributed by atoms with van der Waals surface area (Å²) in [4.78, 5) is 5.20. The van der Waals surface area contributed by atoms with Gasteiger partial charge in [-0.1, -0.05) is 267 Å². The molecule has 0 spiro atoms. The molecule has 14 aromatic rings. The minimum Gasteiger partial charge on any atom is -0.310 e. The molecular formula is C98H82N2. The largest absolute Gasteiger partial charge is 0.310 e. The Morgan fingerprint density at radius 3 is 1.11 bits per heavy atom. The number of anilines is 6. The van der Waals surface area contributed by atoms with Gasteiger partial charge in [0.1, 0.15) is 0 Å². The lowest BCUT2D eigenvalue weighted by molar-refractivity contribution is 0.462. The van der Waals surface area contributed by atoms with Gasteiger partial charge >= 0.3 is 0 Å². The fourth-order valence-corrected chi connectivity index (χ4v) is 20.0. The van der Waals surface area contributed by atoms with E-state index < -0.39 is 0 Å². The Morgan fingerprint density at radius 1 is 0.280 bits per heavy atom. The molecule has 0 N–H and O–H groups in total. The lowest BCUT2D eigenvalue weighted by Gasteiger charge is -2.34. The lowest BCUT2D eigenvalue weighted by Crippen LogP contribution is -2.25. The second-order valence-corrected chi connectivity index (χ2v) is 30.2. The molecule has 19 rings (SSSR count). The molecule has 2 nitrogen and oxygen atoms in total. The summed E-state index contributed by atoms with van der Waals surface area (Å²) in [5, 5.41) is 9.73. The van der Waals surface area contributed by atoms with Gasteiger partial charge in [-0.3, -0.25) is 0 Å². The normalized spacial score (nSPS) is 15.7. The van der Waals surface area contributed by atoms with E-state index in [-0.39, 0.29) is 21.7 Å². The molecule has 100 heavy (non-hydrogen) atoms. The quantitative estimate of drug-likeness (QED) is 0.113. The lowest BCUT2D eigenvalue weighted by atomic mass is 9.71. The van der Waals surface area contributed by atoms with Gasteiger partial charge in [0, 0.05) is 55.8 Å². The molecule has 0 unspecified atom stereocenters. The summed E-state index contributed by atoms with van der Waals surface area (Å²) in [5.74, 6) is 0. The third-order valence-electron chi connectivity index (χ3n) is 25.1. The SMILES string of the molecule is CCC1(CC)C2=C(C=CCC2)c2ccc(N(c3ccc4c(c3)C(C)(C)c3ccccc3-4)c3ccc4c(-c5cccc6ccccc56)c5cc(N(c6ccc7c(c6)C(C)(C)c6ccccc6-7)c6ccc7c(c6)C(CC)(CC)c6ccccc6-7)ccc5c(-c5cccc6ccccc56)c4c3)cc21. The van der Waals surface area contributed by atoms with Crippen molar-refractivity contribution in [3.05, 3.63) is 329 Å². The zero-order valence-electron chi connectivity index (χ0n) is 58.7. The molecular weight excluding hydrogens is 1210 g/mol. The zero-order valence-corrected chi connectivity index (χ0v) is 58.7. The molecule has 2 heteroatoms. The van der Waals surface area contributed by atoms with Gasteiger partial charge in [0.15, 0.2) is 0 Å². The summed E-state index contributed by atoms with van der Waals surface area (Å²) in [6.07, 6.45) is 11.2. The van der Waals surface area contributed by atoms with Gasteiger partial charge < -0.3 is 9.80 Å². The molecule has 0 fully saturated rings. The predicted octanol–water partition coefficient (Wildman–Crippen LogP) is 27.4. The van der Waals surface area contributed by atoms with Crippen LogP contribution >= 0.6 is 0 Å². The van der Waals surface area contributed by atoms with Crippen molar-refractivity contribution >= 4 is 82.8 Å². The molecule has 0 saturated heterocycles. The second-order valence-electron chi connectivity index (χ2n) is 30.2. The van der Waals surface area contributed by atoms with E-state index in [1.807, 2.05) is 0 Å². The number of hydrogen-bond acceptors (Lipinski definition) is 2. The highest BCUT2D eigenvalue weighted by molar-refractivity contribution is 6.26. The molecule has 0 bridgehead atoms.